The number of rotatable bonds is 2. The molecule has 0 N–H and O–H groups in total. The van der Waals surface area contributed by atoms with Gasteiger partial charge in [-0.1, -0.05) is 28.1 Å². The van der Waals surface area contributed by atoms with E-state index in [-0.39, 0.29) is 11.9 Å². The molecule has 2 atom stereocenters. The Bertz CT molecular complexity index is 1060. The van der Waals surface area contributed by atoms with Gasteiger partial charge in [-0.15, -0.1) is 0 Å². The second kappa shape index (κ2) is 6.23. The van der Waals surface area contributed by atoms with Crippen molar-refractivity contribution in [1.29, 1.82) is 0 Å². The summed E-state index contributed by atoms with van der Waals surface area (Å²) >= 11 is 3.54. The zero-order chi connectivity index (χ0) is 18.5. The number of fused-ring (bicyclic) bond motifs is 3. The minimum Gasteiger partial charge on any atom is -0.464 e. The number of hydrazone groups is 1. The summed E-state index contributed by atoms with van der Waals surface area (Å²) in [7, 11) is 0. The van der Waals surface area contributed by atoms with Crippen molar-refractivity contribution in [3.63, 3.8) is 0 Å². The Kier molecular flexibility index (Phi) is 3.82. The van der Waals surface area contributed by atoms with E-state index in [9.17, 15) is 4.39 Å². The van der Waals surface area contributed by atoms with Gasteiger partial charge in [0.25, 0.3) is 0 Å². The third-order valence-electron chi connectivity index (χ3n) is 4.91. The number of aryl methyl sites for hydroxylation is 1. The lowest BCUT2D eigenvalue weighted by Crippen LogP contribution is -2.33. The Morgan fingerprint density at radius 3 is 2.81 bits per heavy atom. The fraction of sp³-hybridized carbons (Fsp3) is 0.190. The average Bonchev–Trinajstić information content (AvgIpc) is 3.27. The van der Waals surface area contributed by atoms with Gasteiger partial charge in [0.2, 0.25) is 6.23 Å². The Hall–Kier alpha value is -2.60. The molecule has 2 aromatic carbocycles. The fourth-order valence-corrected chi connectivity index (χ4v) is 4.06. The summed E-state index contributed by atoms with van der Waals surface area (Å²) in [6.45, 7) is 1.91. The minimum absolute atomic E-state index is 0.0000709. The second-order valence-corrected chi connectivity index (χ2v) is 7.68. The van der Waals surface area contributed by atoms with E-state index in [0.29, 0.717) is 6.42 Å². The smallest absolute Gasteiger partial charge is 0.213 e. The number of hydrogen-bond acceptors (Lipinski definition) is 4. The van der Waals surface area contributed by atoms with E-state index in [1.807, 2.05) is 42.3 Å². The van der Waals surface area contributed by atoms with Crippen LogP contribution in [0.1, 0.15) is 41.3 Å². The predicted molar refractivity (Wildman–Crippen MR) is 103 cm³/mol. The Morgan fingerprint density at radius 1 is 1.15 bits per heavy atom. The molecule has 6 heteroatoms. The fourth-order valence-electron chi connectivity index (χ4n) is 3.68. The Balaban J connectivity index is 1.62. The van der Waals surface area contributed by atoms with Crippen LogP contribution in [0.25, 0.3) is 0 Å². The lowest BCUT2D eigenvalue weighted by Gasteiger charge is -2.38. The molecule has 27 heavy (non-hydrogen) atoms. The topological polar surface area (TPSA) is 38.0 Å². The number of furan rings is 1. The standard InChI is InChI=1S/C21H16BrFN2O2/c1-12-5-7-20(26-12)17-11-18-16-10-14(22)6-8-19(16)27-21(25(18)24-17)13-3-2-4-15(23)9-13/h2-10,18,21H,11H2,1H3/t18-,21-/m0/s1. The molecule has 0 spiro atoms. The van der Waals surface area contributed by atoms with Gasteiger partial charge >= 0.3 is 0 Å². The van der Waals surface area contributed by atoms with Crippen LogP contribution in [-0.4, -0.2) is 10.7 Å². The summed E-state index contributed by atoms with van der Waals surface area (Å²) in [6.07, 6.45) is 0.207. The highest BCUT2D eigenvalue weighted by Gasteiger charge is 2.41. The van der Waals surface area contributed by atoms with Gasteiger partial charge < -0.3 is 9.15 Å². The first-order valence-electron chi connectivity index (χ1n) is 8.73. The van der Waals surface area contributed by atoms with Crippen LogP contribution in [0.15, 0.2) is 68.6 Å². The molecule has 5 rings (SSSR count). The zero-order valence-electron chi connectivity index (χ0n) is 14.5. The van der Waals surface area contributed by atoms with Crippen LogP contribution in [0.5, 0.6) is 5.75 Å². The molecule has 0 saturated carbocycles. The number of halogens is 2. The number of benzene rings is 2. The van der Waals surface area contributed by atoms with Crippen molar-refractivity contribution in [1.82, 2.24) is 5.01 Å². The van der Waals surface area contributed by atoms with Gasteiger partial charge in [-0.3, -0.25) is 0 Å². The van der Waals surface area contributed by atoms with E-state index in [2.05, 4.69) is 22.0 Å². The molecule has 2 aliphatic heterocycles. The molecule has 3 heterocycles. The molecule has 4 nitrogen and oxygen atoms in total. The first kappa shape index (κ1) is 16.6. The molecular weight excluding hydrogens is 411 g/mol. The van der Waals surface area contributed by atoms with Gasteiger partial charge in [-0.2, -0.15) is 5.10 Å². The molecule has 3 aromatic rings. The van der Waals surface area contributed by atoms with E-state index in [1.165, 1.54) is 12.1 Å². The van der Waals surface area contributed by atoms with Crippen molar-refractivity contribution < 1.29 is 13.5 Å². The van der Waals surface area contributed by atoms with Crippen molar-refractivity contribution in [2.45, 2.75) is 25.6 Å². The highest BCUT2D eigenvalue weighted by Crippen LogP contribution is 2.48. The van der Waals surface area contributed by atoms with Crippen LogP contribution in [0.2, 0.25) is 0 Å². The van der Waals surface area contributed by atoms with Crippen molar-refractivity contribution in [2.75, 3.05) is 0 Å². The average molecular weight is 427 g/mol. The van der Waals surface area contributed by atoms with Gasteiger partial charge in [-0.25, -0.2) is 9.40 Å². The lowest BCUT2D eigenvalue weighted by molar-refractivity contribution is -0.0192. The number of ether oxygens (including phenoxy) is 1. The van der Waals surface area contributed by atoms with E-state index in [1.54, 1.807) is 6.07 Å². The summed E-state index contributed by atoms with van der Waals surface area (Å²) in [5.41, 5.74) is 2.65. The van der Waals surface area contributed by atoms with Gasteiger partial charge in [-0.05, 0) is 49.4 Å². The molecule has 0 fully saturated rings. The summed E-state index contributed by atoms with van der Waals surface area (Å²) in [5, 5.41) is 6.72. The second-order valence-electron chi connectivity index (χ2n) is 6.76. The molecule has 136 valence electrons. The third kappa shape index (κ3) is 2.84. The normalized spacial score (nSPS) is 20.7. The molecule has 0 bridgehead atoms. The third-order valence-corrected chi connectivity index (χ3v) is 5.40. The van der Waals surface area contributed by atoms with Crippen molar-refractivity contribution >= 4 is 21.6 Å². The molecule has 0 aliphatic carbocycles. The summed E-state index contributed by atoms with van der Waals surface area (Å²) in [6, 6.07) is 16.3. The van der Waals surface area contributed by atoms with Gasteiger partial charge in [0, 0.05) is 22.0 Å². The molecule has 0 amide bonds. The largest absolute Gasteiger partial charge is 0.464 e. The number of nitrogens with zero attached hydrogens (tertiary/aromatic N) is 2. The van der Waals surface area contributed by atoms with E-state index in [0.717, 1.165) is 38.6 Å². The zero-order valence-corrected chi connectivity index (χ0v) is 16.1. The van der Waals surface area contributed by atoms with Crippen molar-refractivity contribution in [2.24, 2.45) is 5.10 Å². The van der Waals surface area contributed by atoms with Gasteiger partial charge in [0.1, 0.15) is 28.8 Å². The monoisotopic (exact) mass is 426 g/mol. The van der Waals surface area contributed by atoms with E-state index in [4.69, 9.17) is 14.3 Å². The highest BCUT2D eigenvalue weighted by molar-refractivity contribution is 9.10. The van der Waals surface area contributed by atoms with Crippen LogP contribution in [0.3, 0.4) is 0 Å². The first-order chi connectivity index (χ1) is 13.1. The quantitative estimate of drug-likeness (QED) is 0.524. The van der Waals surface area contributed by atoms with Crippen LogP contribution < -0.4 is 4.74 Å². The lowest BCUT2D eigenvalue weighted by atomic mass is 9.97. The van der Waals surface area contributed by atoms with Gasteiger partial charge in [0.15, 0.2) is 0 Å². The summed E-state index contributed by atoms with van der Waals surface area (Å²) < 4.78 is 26.8. The van der Waals surface area contributed by atoms with Crippen LogP contribution in [-0.2, 0) is 0 Å². The maximum atomic E-state index is 13.8. The molecule has 0 saturated heterocycles. The van der Waals surface area contributed by atoms with Crippen LogP contribution in [0, 0.1) is 12.7 Å². The molecule has 1 aromatic heterocycles. The van der Waals surface area contributed by atoms with E-state index < -0.39 is 6.23 Å². The Morgan fingerprint density at radius 2 is 2.04 bits per heavy atom. The summed E-state index contributed by atoms with van der Waals surface area (Å²) in [5.74, 6) is 2.11. The maximum Gasteiger partial charge on any atom is 0.213 e. The SMILES string of the molecule is Cc1ccc(C2=NN3[C@@H](C2)c2cc(Br)ccc2O[C@H]3c2cccc(F)c2)o1. The molecular formula is C21H16BrFN2O2. The molecule has 0 radical (unpaired) electrons. The first-order valence-corrected chi connectivity index (χ1v) is 9.52. The molecule has 2 aliphatic rings. The van der Waals surface area contributed by atoms with Crippen LogP contribution >= 0.6 is 15.9 Å². The minimum atomic E-state index is -0.493. The van der Waals surface area contributed by atoms with Crippen LogP contribution in [0.4, 0.5) is 4.39 Å². The predicted octanol–water partition coefficient (Wildman–Crippen LogP) is 5.73. The summed E-state index contributed by atoms with van der Waals surface area (Å²) in [4.78, 5) is 0. The van der Waals surface area contributed by atoms with Crippen molar-refractivity contribution in [3.8, 4) is 5.75 Å². The number of hydrogen-bond donors (Lipinski definition) is 0. The molecule has 0 unspecified atom stereocenters. The van der Waals surface area contributed by atoms with E-state index >= 15 is 0 Å². The Labute approximate surface area is 164 Å². The van der Waals surface area contributed by atoms with Gasteiger partial charge in [0.05, 0.1) is 6.04 Å². The van der Waals surface area contributed by atoms with Crippen molar-refractivity contribution in [3.05, 3.63) is 87.5 Å². The highest BCUT2D eigenvalue weighted by atomic mass is 79.9. The maximum absolute atomic E-state index is 13.8.